The molecule has 1 fully saturated rings. The maximum absolute atomic E-state index is 13.3. The molecule has 0 spiro atoms. The number of rotatable bonds is 5. The van der Waals surface area contributed by atoms with Crippen LogP contribution in [0.5, 0.6) is 5.75 Å². The number of nitrogens with zero attached hydrogens (tertiary/aromatic N) is 2. The summed E-state index contributed by atoms with van der Waals surface area (Å²) in [7, 11) is 1.62. The molecule has 0 aliphatic carbocycles. The van der Waals surface area contributed by atoms with Gasteiger partial charge in [0.2, 0.25) is 5.91 Å². The minimum atomic E-state index is -0.423. The van der Waals surface area contributed by atoms with Crippen molar-refractivity contribution in [2.75, 3.05) is 33.3 Å². The molecule has 0 atom stereocenters. The zero-order valence-corrected chi connectivity index (χ0v) is 15.4. The molecule has 2 amide bonds. The van der Waals surface area contributed by atoms with E-state index in [1.165, 1.54) is 18.2 Å². The Morgan fingerprint density at radius 1 is 1.00 bits per heavy atom. The van der Waals surface area contributed by atoms with E-state index in [1.54, 1.807) is 23.0 Å². The SMILES string of the molecule is COc1ccc(CCC(=O)N2CCN(C(=O)c3cccc(F)c3)CC2)cc1. The molecule has 3 rings (SSSR count). The molecule has 0 bridgehead atoms. The molecule has 0 radical (unpaired) electrons. The van der Waals surface area contributed by atoms with Crippen molar-refractivity contribution >= 4 is 11.8 Å². The number of carbonyl (C=O) groups is 2. The van der Waals surface area contributed by atoms with Crippen molar-refractivity contribution in [1.29, 1.82) is 0 Å². The van der Waals surface area contributed by atoms with Crippen molar-refractivity contribution in [1.82, 2.24) is 9.80 Å². The summed E-state index contributed by atoms with van der Waals surface area (Å²) in [6, 6.07) is 13.4. The lowest BCUT2D eigenvalue weighted by molar-refractivity contribution is -0.132. The smallest absolute Gasteiger partial charge is 0.254 e. The number of ether oxygens (including phenoxy) is 1. The lowest BCUT2D eigenvalue weighted by atomic mass is 10.1. The molecule has 1 aliphatic rings. The van der Waals surface area contributed by atoms with Gasteiger partial charge in [-0.25, -0.2) is 4.39 Å². The van der Waals surface area contributed by atoms with Gasteiger partial charge in [0.05, 0.1) is 7.11 Å². The molecular formula is C21H23FN2O3. The van der Waals surface area contributed by atoms with Crippen LogP contribution in [0.15, 0.2) is 48.5 Å². The fraction of sp³-hybridized carbons (Fsp3) is 0.333. The summed E-state index contributed by atoms with van der Waals surface area (Å²) in [6.07, 6.45) is 1.11. The van der Waals surface area contributed by atoms with Crippen LogP contribution in [-0.4, -0.2) is 54.9 Å². The predicted octanol–water partition coefficient (Wildman–Crippen LogP) is 2.75. The van der Waals surface area contributed by atoms with Crippen LogP contribution in [0.25, 0.3) is 0 Å². The number of amides is 2. The number of benzene rings is 2. The van der Waals surface area contributed by atoms with Gasteiger partial charge < -0.3 is 14.5 Å². The predicted molar refractivity (Wildman–Crippen MR) is 100 cm³/mol. The van der Waals surface area contributed by atoms with Gasteiger partial charge in [0.25, 0.3) is 5.91 Å². The molecule has 0 N–H and O–H groups in total. The standard InChI is InChI=1S/C21H23FN2O3/c1-27-19-8-5-16(6-9-19)7-10-20(25)23-11-13-24(14-12-23)21(26)17-3-2-4-18(22)15-17/h2-6,8-9,15H,7,10-14H2,1H3. The topological polar surface area (TPSA) is 49.9 Å². The van der Waals surface area contributed by atoms with Crippen molar-refractivity contribution in [3.05, 3.63) is 65.5 Å². The summed E-state index contributed by atoms with van der Waals surface area (Å²) in [5.74, 6) is 0.265. The second-order valence-corrected chi connectivity index (χ2v) is 6.53. The average molecular weight is 370 g/mol. The number of aryl methyl sites for hydroxylation is 1. The maximum Gasteiger partial charge on any atom is 0.254 e. The average Bonchev–Trinajstić information content (AvgIpc) is 2.72. The van der Waals surface area contributed by atoms with Gasteiger partial charge in [-0.2, -0.15) is 0 Å². The van der Waals surface area contributed by atoms with Crippen LogP contribution < -0.4 is 4.74 Å². The van der Waals surface area contributed by atoms with E-state index in [-0.39, 0.29) is 11.8 Å². The van der Waals surface area contributed by atoms with Crippen molar-refractivity contribution in [2.45, 2.75) is 12.8 Å². The van der Waals surface area contributed by atoms with Crippen molar-refractivity contribution < 1.29 is 18.7 Å². The molecule has 0 saturated carbocycles. The highest BCUT2D eigenvalue weighted by atomic mass is 19.1. The molecule has 2 aromatic carbocycles. The van der Waals surface area contributed by atoms with E-state index in [1.807, 2.05) is 24.3 Å². The van der Waals surface area contributed by atoms with Gasteiger partial charge in [-0.05, 0) is 42.3 Å². The van der Waals surface area contributed by atoms with Crippen LogP contribution in [0.4, 0.5) is 4.39 Å². The Morgan fingerprint density at radius 3 is 2.30 bits per heavy atom. The molecular weight excluding hydrogens is 347 g/mol. The first-order valence-corrected chi connectivity index (χ1v) is 9.02. The summed E-state index contributed by atoms with van der Waals surface area (Å²) in [5, 5.41) is 0. The number of hydrogen-bond donors (Lipinski definition) is 0. The second-order valence-electron chi connectivity index (χ2n) is 6.53. The lowest BCUT2D eigenvalue weighted by Crippen LogP contribution is -2.50. The molecule has 5 nitrogen and oxygen atoms in total. The zero-order chi connectivity index (χ0) is 19.2. The first kappa shape index (κ1) is 18.9. The van der Waals surface area contributed by atoms with Crippen LogP contribution in [0, 0.1) is 5.82 Å². The van der Waals surface area contributed by atoms with Crippen LogP contribution in [-0.2, 0) is 11.2 Å². The van der Waals surface area contributed by atoms with Crippen molar-refractivity contribution in [3.63, 3.8) is 0 Å². The molecule has 0 unspecified atom stereocenters. The summed E-state index contributed by atoms with van der Waals surface area (Å²) in [5.41, 5.74) is 1.43. The van der Waals surface area contributed by atoms with Crippen LogP contribution in [0.1, 0.15) is 22.3 Å². The van der Waals surface area contributed by atoms with Gasteiger partial charge in [0.15, 0.2) is 0 Å². The molecule has 1 saturated heterocycles. The highest BCUT2D eigenvalue weighted by Crippen LogP contribution is 2.14. The molecule has 27 heavy (non-hydrogen) atoms. The molecule has 0 aromatic heterocycles. The number of piperazine rings is 1. The number of methoxy groups -OCH3 is 1. The van der Waals surface area contributed by atoms with E-state index in [0.717, 1.165) is 11.3 Å². The third kappa shape index (κ3) is 4.84. The molecule has 1 aliphatic heterocycles. The normalized spacial score (nSPS) is 14.1. The van der Waals surface area contributed by atoms with E-state index >= 15 is 0 Å². The van der Waals surface area contributed by atoms with Gasteiger partial charge in [0.1, 0.15) is 11.6 Å². The third-order valence-corrected chi connectivity index (χ3v) is 4.78. The summed E-state index contributed by atoms with van der Waals surface area (Å²) >= 11 is 0. The summed E-state index contributed by atoms with van der Waals surface area (Å²) in [4.78, 5) is 28.3. The van der Waals surface area contributed by atoms with E-state index in [0.29, 0.717) is 44.6 Å². The van der Waals surface area contributed by atoms with Crippen molar-refractivity contribution in [3.8, 4) is 5.75 Å². The highest BCUT2D eigenvalue weighted by molar-refractivity contribution is 5.94. The fourth-order valence-electron chi connectivity index (χ4n) is 3.16. The minimum absolute atomic E-state index is 0.0867. The van der Waals surface area contributed by atoms with E-state index in [2.05, 4.69) is 0 Å². The fourth-order valence-corrected chi connectivity index (χ4v) is 3.16. The second kappa shape index (κ2) is 8.66. The molecule has 1 heterocycles. The van der Waals surface area contributed by atoms with E-state index < -0.39 is 5.82 Å². The zero-order valence-electron chi connectivity index (χ0n) is 15.4. The first-order valence-electron chi connectivity index (χ1n) is 9.02. The summed E-state index contributed by atoms with van der Waals surface area (Å²) in [6.45, 7) is 1.93. The van der Waals surface area contributed by atoms with Crippen molar-refractivity contribution in [2.24, 2.45) is 0 Å². The van der Waals surface area contributed by atoms with E-state index in [4.69, 9.17) is 4.74 Å². The van der Waals surface area contributed by atoms with Gasteiger partial charge in [0, 0.05) is 38.2 Å². The number of carbonyl (C=O) groups excluding carboxylic acids is 2. The van der Waals surface area contributed by atoms with Gasteiger partial charge in [-0.1, -0.05) is 18.2 Å². The lowest BCUT2D eigenvalue weighted by Gasteiger charge is -2.35. The Balaban J connectivity index is 1.48. The Morgan fingerprint density at radius 2 is 1.67 bits per heavy atom. The number of halogens is 1. The molecule has 142 valence electrons. The Labute approximate surface area is 158 Å². The monoisotopic (exact) mass is 370 g/mol. The van der Waals surface area contributed by atoms with Gasteiger partial charge >= 0.3 is 0 Å². The van der Waals surface area contributed by atoms with Crippen LogP contribution >= 0.6 is 0 Å². The maximum atomic E-state index is 13.3. The Kier molecular flexibility index (Phi) is 6.06. The van der Waals surface area contributed by atoms with Crippen LogP contribution in [0.2, 0.25) is 0 Å². The molecule has 2 aromatic rings. The molecule has 6 heteroatoms. The van der Waals surface area contributed by atoms with Crippen LogP contribution in [0.3, 0.4) is 0 Å². The Bertz CT molecular complexity index is 799. The van der Waals surface area contributed by atoms with Gasteiger partial charge in [-0.3, -0.25) is 9.59 Å². The third-order valence-electron chi connectivity index (χ3n) is 4.78. The largest absolute Gasteiger partial charge is 0.497 e. The quantitative estimate of drug-likeness (QED) is 0.813. The number of hydrogen-bond acceptors (Lipinski definition) is 3. The Hall–Kier alpha value is -2.89. The van der Waals surface area contributed by atoms with Gasteiger partial charge in [-0.15, -0.1) is 0 Å². The summed E-state index contributed by atoms with van der Waals surface area (Å²) < 4.78 is 18.4. The minimum Gasteiger partial charge on any atom is -0.497 e. The van der Waals surface area contributed by atoms with E-state index in [9.17, 15) is 14.0 Å². The highest BCUT2D eigenvalue weighted by Gasteiger charge is 2.24. The first-order chi connectivity index (χ1) is 13.1.